The number of halogens is 1. The number of methoxy groups -OCH3 is 1. The van der Waals surface area contributed by atoms with E-state index in [9.17, 15) is 4.79 Å². The van der Waals surface area contributed by atoms with Crippen LogP contribution < -0.4 is 10.1 Å². The number of carbonyl (C=O) groups is 1. The highest BCUT2D eigenvalue weighted by Crippen LogP contribution is 2.17. The largest absolute Gasteiger partial charge is 0.482 e. The first-order chi connectivity index (χ1) is 9.67. The van der Waals surface area contributed by atoms with Gasteiger partial charge in [-0.15, -0.1) is 0 Å². The maximum Gasteiger partial charge on any atom is 0.343 e. The van der Waals surface area contributed by atoms with Crippen LogP contribution >= 0.6 is 22.6 Å². The molecule has 1 N–H and O–H groups in total. The van der Waals surface area contributed by atoms with Crippen molar-refractivity contribution >= 4 is 34.2 Å². The van der Waals surface area contributed by atoms with Crippen molar-refractivity contribution in [1.29, 1.82) is 0 Å². The smallest absolute Gasteiger partial charge is 0.343 e. The lowest BCUT2D eigenvalue weighted by molar-refractivity contribution is -0.142. The Labute approximate surface area is 130 Å². The molecule has 6 heteroatoms. The quantitative estimate of drug-likeness (QED) is 0.610. The van der Waals surface area contributed by atoms with Crippen LogP contribution in [0, 0.1) is 3.77 Å². The molecule has 2 rings (SSSR count). The normalized spacial score (nSPS) is 10.1. The fraction of sp³-hybridized carbons (Fsp3) is 0.214. The van der Waals surface area contributed by atoms with E-state index < -0.39 is 5.97 Å². The minimum absolute atomic E-state index is 0.0892. The maximum absolute atomic E-state index is 10.9. The van der Waals surface area contributed by atoms with Crippen LogP contribution in [0.15, 0.2) is 40.8 Å². The SMILES string of the molecule is COC(=O)COc1ccc(NCc2ccc(I)o2)cc1. The van der Waals surface area contributed by atoms with Crippen molar-refractivity contribution in [2.75, 3.05) is 19.0 Å². The summed E-state index contributed by atoms with van der Waals surface area (Å²) in [5, 5.41) is 3.23. The lowest BCUT2D eigenvalue weighted by Crippen LogP contribution is -2.12. The number of benzene rings is 1. The van der Waals surface area contributed by atoms with E-state index in [-0.39, 0.29) is 6.61 Å². The lowest BCUT2D eigenvalue weighted by atomic mass is 10.3. The van der Waals surface area contributed by atoms with E-state index >= 15 is 0 Å². The second-order valence-electron chi connectivity index (χ2n) is 3.95. The first-order valence-electron chi connectivity index (χ1n) is 5.95. The van der Waals surface area contributed by atoms with Crippen molar-refractivity contribution in [3.05, 3.63) is 45.9 Å². The molecule has 0 saturated heterocycles. The highest BCUT2D eigenvalue weighted by molar-refractivity contribution is 14.1. The Kier molecular flexibility index (Phi) is 5.28. The molecule has 0 spiro atoms. The van der Waals surface area contributed by atoms with E-state index in [4.69, 9.17) is 9.15 Å². The number of anilines is 1. The first-order valence-corrected chi connectivity index (χ1v) is 7.03. The molecule has 1 aromatic carbocycles. The van der Waals surface area contributed by atoms with Gasteiger partial charge in [-0.2, -0.15) is 0 Å². The zero-order valence-electron chi connectivity index (χ0n) is 10.9. The number of esters is 1. The average molecular weight is 387 g/mol. The van der Waals surface area contributed by atoms with Gasteiger partial charge in [0.15, 0.2) is 10.4 Å². The number of furan rings is 1. The number of ether oxygens (including phenoxy) is 2. The van der Waals surface area contributed by atoms with E-state index in [1.54, 1.807) is 12.1 Å². The van der Waals surface area contributed by atoms with Gasteiger partial charge in [-0.25, -0.2) is 4.79 Å². The summed E-state index contributed by atoms with van der Waals surface area (Å²) < 4.78 is 16.1. The van der Waals surface area contributed by atoms with Gasteiger partial charge in [0, 0.05) is 5.69 Å². The van der Waals surface area contributed by atoms with E-state index in [2.05, 4.69) is 32.6 Å². The molecular weight excluding hydrogens is 373 g/mol. The lowest BCUT2D eigenvalue weighted by Gasteiger charge is -2.07. The molecule has 2 aromatic rings. The van der Waals surface area contributed by atoms with Gasteiger partial charge in [-0.3, -0.25) is 0 Å². The fourth-order valence-corrected chi connectivity index (χ4v) is 1.97. The summed E-state index contributed by atoms with van der Waals surface area (Å²) in [5.74, 6) is 1.09. The molecule has 1 aromatic heterocycles. The topological polar surface area (TPSA) is 60.7 Å². The highest BCUT2D eigenvalue weighted by Gasteiger charge is 2.02. The van der Waals surface area contributed by atoms with Crippen LogP contribution in [0.3, 0.4) is 0 Å². The van der Waals surface area contributed by atoms with Crippen LogP contribution in [0.1, 0.15) is 5.76 Å². The Morgan fingerprint density at radius 1 is 1.25 bits per heavy atom. The molecule has 0 aliphatic rings. The standard InChI is InChI=1S/C14H14INO4/c1-18-14(17)9-19-11-4-2-10(3-5-11)16-8-12-6-7-13(15)20-12/h2-7,16H,8-9H2,1H3. The van der Waals surface area contributed by atoms with Crippen LogP contribution in [-0.4, -0.2) is 19.7 Å². The van der Waals surface area contributed by atoms with Gasteiger partial charge in [-0.1, -0.05) is 0 Å². The number of hydrogen-bond donors (Lipinski definition) is 1. The molecule has 106 valence electrons. The van der Waals surface area contributed by atoms with Crippen molar-refractivity contribution in [3.63, 3.8) is 0 Å². The molecule has 0 aliphatic carbocycles. The molecule has 0 saturated carbocycles. The second kappa shape index (κ2) is 7.18. The van der Waals surface area contributed by atoms with Crippen molar-refractivity contribution < 1.29 is 18.7 Å². The third-order valence-electron chi connectivity index (χ3n) is 2.53. The molecule has 0 aliphatic heterocycles. The van der Waals surface area contributed by atoms with Crippen molar-refractivity contribution in [1.82, 2.24) is 0 Å². The zero-order chi connectivity index (χ0) is 14.4. The van der Waals surface area contributed by atoms with Crippen molar-refractivity contribution in [2.45, 2.75) is 6.54 Å². The van der Waals surface area contributed by atoms with Crippen LogP contribution in [0.2, 0.25) is 0 Å². The predicted octanol–water partition coefficient (Wildman–Crippen LogP) is 3.05. The van der Waals surface area contributed by atoms with Crippen molar-refractivity contribution in [3.8, 4) is 5.75 Å². The maximum atomic E-state index is 10.9. The van der Waals surface area contributed by atoms with Gasteiger partial charge >= 0.3 is 5.97 Å². The van der Waals surface area contributed by atoms with E-state index in [0.29, 0.717) is 12.3 Å². The number of nitrogens with one attached hydrogen (secondary N) is 1. The molecule has 0 radical (unpaired) electrons. The summed E-state index contributed by atoms with van der Waals surface area (Å²) >= 11 is 2.13. The fourth-order valence-electron chi connectivity index (χ4n) is 1.51. The molecule has 5 nitrogen and oxygen atoms in total. The van der Waals surface area contributed by atoms with Gasteiger partial charge in [-0.05, 0) is 59.0 Å². The van der Waals surface area contributed by atoms with Crippen LogP contribution in [-0.2, 0) is 16.1 Å². The summed E-state index contributed by atoms with van der Waals surface area (Å²) in [6.07, 6.45) is 0. The minimum Gasteiger partial charge on any atom is -0.482 e. The summed E-state index contributed by atoms with van der Waals surface area (Å²) in [5.41, 5.74) is 0.946. The van der Waals surface area contributed by atoms with Gasteiger partial charge in [0.05, 0.1) is 13.7 Å². The van der Waals surface area contributed by atoms with Crippen molar-refractivity contribution in [2.24, 2.45) is 0 Å². The summed E-state index contributed by atoms with van der Waals surface area (Å²) in [4.78, 5) is 10.9. The van der Waals surface area contributed by atoms with E-state index in [0.717, 1.165) is 15.2 Å². The molecule has 0 atom stereocenters. The first kappa shape index (κ1) is 14.7. The zero-order valence-corrected chi connectivity index (χ0v) is 13.0. The molecular formula is C14H14INO4. The number of rotatable bonds is 6. The van der Waals surface area contributed by atoms with Gasteiger partial charge in [0.2, 0.25) is 0 Å². The predicted molar refractivity (Wildman–Crippen MR) is 82.7 cm³/mol. The summed E-state index contributed by atoms with van der Waals surface area (Å²) in [6.45, 7) is 0.527. The Balaban J connectivity index is 1.83. The Morgan fingerprint density at radius 2 is 2.00 bits per heavy atom. The molecule has 1 heterocycles. The van der Waals surface area contributed by atoms with Gasteiger partial charge < -0.3 is 19.2 Å². The van der Waals surface area contributed by atoms with Crippen LogP contribution in [0.25, 0.3) is 0 Å². The molecule has 0 fully saturated rings. The summed E-state index contributed by atoms with van der Waals surface area (Å²) in [7, 11) is 1.33. The van der Waals surface area contributed by atoms with Gasteiger partial charge in [0.25, 0.3) is 0 Å². The Morgan fingerprint density at radius 3 is 2.60 bits per heavy atom. The molecule has 0 amide bonds. The van der Waals surface area contributed by atoms with E-state index in [1.807, 2.05) is 24.3 Å². The molecule has 0 bridgehead atoms. The van der Waals surface area contributed by atoms with E-state index in [1.165, 1.54) is 7.11 Å². The highest BCUT2D eigenvalue weighted by atomic mass is 127. The second-order valence-corrected chi connectivity index (χ2v) is 5.01. The molecule has 20 heavy (non-hydrogen) atoms. The molecule has 0 unspecified atom stereocenters. The third-order valence-corrected chi connectivity index (χ3v) is 3.11. The Bertz CT molecular complexity index is 565. The number of carbonyl (C=O) groups excluding carboxylic acids is 1. The summed E-state index contributed by atoms with van der Waals surface area (Å²) in [6, 6.07) is 11.2. The number of hydrogen-bond acceptors (Lipinski definition) is 5. The van der Waals surface area contributed by atoms with Gasteiger partial charge in [0.1, 0.15) is 11.5 Å². The minimum atomic E-state index is -0.403. The monoisotopic (exact) mass is 387 g/mol. The average Bonchev–Trinajstić information content (AvgIpc) is 2.89. The third kappa shape index (κ3) is 4.44. The van der Waals surface area contributed by atoms with Crippen LogP contribution in [0.5, 0.6) is 5.75 Å². The van der Waals surface area contributed by atoms with Crippen LogP contribution in [0.4, 0.5) is 5.69 Å². The Hall–Kier alpha value is -1.70.